The number of carbonyl (C=O) groups is 1. The highest BCUT2D eigenvalue weighted by Gasteiger charge is 2.23. The summed E-state index contributed by atoms with van der Waals surface area (Å²) in [4.78, 5) is 23.5. The third-order valence-corrected chi connectivity index (χ3v) is 2.44. The monoisotopic (exact) mass is 270 g/mol. The molecule has 8 heteroatoms. The Morgan fingerprint density at radius 3 is 2.68 bits per heavy atom. The standard InChI is InChI=1S/C11H15FN4O3/c1-15(2)6-5-14-11(17)9-7(12)3-4-8(10(9)13)16(18)19/h3-4H,5-6,13H2,1-2H3,(H,14,17). The lowest BCUT2D eigenvalue weighted by Crippen LogP contribution is -2.32. The van der Waals surface area contributed by atoms with Gasteiger partial charge in [-0.2, -0.15) is 0 Å². The third-order valence-electron chi connectivity index (χ3n) is 2.44. The van der Waals surface area contributed by atoms with E-state index in [1.165, 1.54) is 0 Å². The van der Waals surface area contributed by atoms with E-state index in [0.29, 0.717) is 6.54 Å². The molecular weight excluding hydrogens is 255 g/mol. The van der Waals surface area contributed by atoms with Crippen molar-refractivity contribution in [3.63, 3.8) is 0 Å². The molecule has 0 bridgehead atoms. The number of hydrogen-bond donors (Lipinski definition) is 2. The number of nitro benzene ring substituents is 1. The number of nitrogens with one attached hydrogen (secondary N) is 1. The van der Waals surface area contributed by atoms with Gasteiger partial charge in [-0.15, -0.1) is 0 Å². The lowest BCUT2D eigenvalue weighted by Gasteiger charge is -2.11. The van der Waals surface area contributed by atoms with Crippen LogP contribution in [0.15, 0.2) is 12.1 Å². The predicted molar refractivity (Wildman–Crippen MR) is 68.4 cm³/mol. The number of benzene rings is 1. The molecule has 0 saturated carbocycles. The summed E-state index contributed by atoms with van der Waals surface area (Å²) in [6.45, 7) is 0.843. The van der Waals surface area contributed by atoms with Crippen LogP contribution in [0.5, 0.6) is 0 Å². The van der Waals surface area contributed by atoms with Crippen molar-refractivity contribution in [2.24, 2.45) is 0 Å². The predicted octanol–water partition coefficient (Wildman–Crippen LogP) is 0.608. The summed E-state index contributed by atoms with van der Waals surface area (Å²) in [5.74, 6) is -1.65. The number of nitro groups is 1. The minimum atomic E-state index is -0.884. The lowest BCUT2D eigenvalue weighted by atomic mass is 10.1. The molecule has 0 spiro atoms. The van der Waals surface area contributed by atoms with E-state index in [0.717, 1.165) is 12.1 Å². The first-order chi connectivity index (χ1) is 8.84. The Morgan fingerprint density at radius 2 is 2.16 bits per heavy atom. The summed E-state index contributed by atoms with van der Waals surface area (Å²) < 4.78 is 13.6. The maximum atomic E-state index is 13.6. The van der Waals surface area contributed by atoms with Crippen LogP contribution >= 0.6 is 0 Å². The number of nitrogens with zero attached hydrogens (tertiary/aromatic N) is 2. The SMILES string of the molecule is CN(C)CCNC(=O)c1c(F)ccc([N+](=O)[O-])c1N. The average molecular weight is 270 g/mol. The van der Waals surface area contributed by atoms with Crippen molar-refractivity contribution in [3.8, 4) is 0 Å². The molecule has 1 aromatic carbocycles. The molecule has 0 fully saturated rings. The minimum absolute atomic E-state index is 0.285. The number of carbonyl (C=O) groups excluding carboxylic acids is 1. The van der Waals surface area contributed by atoms with Gasteiger partial charge in [0.2, 0.25) is 0 Å². The zero-order valence-corrected chi connectivity index (χ0v) is 10.6. The summed E-state index contributed by atoms with van der Waals surface area (Å²) in [5.41, 5.74) is 4.02. The van der Waals surface area contributed by atoms with Gasteiger partial charge >= 0.3 is 0 Å². The van der Waals surface area contributed by atoms with Crippen molar-refractivity contribution in [2.75, 3.05) is 32.9 Å². The van der Waals surface area contributed by atoms with Crippen LogP contribution < -0.4 is 11.1 Å². The number of hydrogen-bond acceptors (Lipinski definition) is 5. The van der Waals surface area contributed by atoms with Gasteiger partial charge in [-0.25, -0.2) is 4.39 Å². The molecule has 7 nitrogen and oxygen atoms in total. The zero-order chi connectivity index (χ0) is 14.6. The zero-order valence-electron chi connectivity index (χ0n) is 10.6. The van der Waals surface area contributed by atoms with Gasteiger partial charge in [-0.3, -0.25) is 14.9 Å². The molecule has 0 heterocycles. The van der Waals surface area contributed by atoms with Gasteiger partial charge in [0.15, 0.2) is 0 Å². The van der Waals surface area contributed by atoms with Crippen molar-refractivity contribution in [3.05, 3.63) is 33.6 Å². The Labute approximate surface area is 109 Å². The van der Waals surface area contributed by atoms with Crippen LogP contribution in [0.2, 0.25) is 0 Å². The fraction of sp³-hybridized carbons (Fsp3) is 0.364. The minimum Gasteiger partial charge on any atom is -0.392 e. The fourth-order valence-electron chi connectivity index (χ4n) is 1.45. The van der Waals surface area contributed by atoms with Crippen LogP contribution in [0.25, 0.3) is 0 Å². The van der Waals surface area contributed by atoms with E-state index >= 15 is 0 Å². The van der Waals surface area contributed by atoms with Crippen molar-refractivity contribution in [1.82, 2.24) is 10.2 Å². The van der Waals surface area contributed by atoms with E-state index in [4.69, 9.17) is 5.73 Å². The van der Waals surface area contributed by atoms with E-state index in [1.807, 2.05) is 19.0 Å². The van der Waals surface area contributed by atoms with Gasteiger partial charge < -0.3 is 16.0 Å². The first-order valence-corrected chi connectivity index (χ1v) is 5.50. The van der Waals surface area contributed by atoms with Crippen molar-refractivity contribution >= 4 is 17.3 Å². The van der Waals surface area contributed by atoms with Crippen LogP contribution in [0, 0.1) is 15.9 Å². The molecule has 0 radical (unpaired) electrons. The van der Waals surface area contributed by atoms with Gasteiger partial charge in [0.05, 0.1) is 4.92 Å². The number of amides is 1. The summed E-state index contributed by atoms with van der Waals surface area (Å²) in [5, 5.41) is 13.1. The number of nitrogens with two attached hydrogens (primary N) is 1. The molecule has 104 valence electrons. The molecule has 0 aliphatic heterocycles. The van der Waals surface area contributed by atoms with Crippen LogP contribution in [0.3, 0.4) is 0 Å². The molecule has 0 saturated heterocycles. The van der Waals surface area contributed by atoms with E-state index in [2.05, 4.69) is 5.32 Å². The normalized spacial score (nSPS) is 10.5. The molecule has 3 N–H and O–H groups in total. The molecule has 0 aliphatic carbocycles. The second-order valence-electron chi connectivity index (χ2n) is 4.17. The Bertz CT molecular complexity index is 505. The van der Waals surface area contributed by atoms with Crippen molar-refractivity contribution in [2.45, 2.75) is 0 Å². The quantitative estimate of drug-likeness (QED) is 0.463. The molecule has 0 unspecified atom stereocenters. The van der Waals surface area contributed by atoms with Crippen LogP contribution in [0.1, 0.15) is 10.4 Å². The summed E-state index contributed by atoms with van der Waals surface area (Å²) >= 11 is 0. The molecule has 1 aromatic rings. The number of nitrogen functional groups attached to an aromatic ring is 1. The van der Waals surface area contributed by atoms with Crippen molar-refractivity contribution in [1.29, 1.82) is 0 Å². The lowest BCUT2D eigenvalue weighted by molar-refractivity contribution is -0.384. The molecule has 19 heavy (non-hydrogen) atoms. The largest absolute Gasteiger partial charge is 0.392 e. The maximum Gasteiger partial charge on any atom is 0.293 e. The molecule has 1 amide bonds. The second-order valence-corrected chi connectivity index (χ2v) is 4.17. The van der Waals surface area contributed by atoms with Crippen molar-refractivity contribution < 1.29 is 14.1 Å². The average Bonchev–Trinajstić information content (AvgIpc) is 2.27. The second kappa shape index (κ2) is 6.10. The maximum absolute atomic E-state index is 13.6. The number of rotatable bonds is 5. The number of likely N-dealkylation sites (N-methyl/N-ethyl adjacent to an activating group) is 1. The molecule has 0 atom stereocenters. The Morgan fingerprint density at radius 1 is 1.53 bits per heavy atom. The number of anilines is 1. The Kier molecular flexibility index (Phi) is 4.76. The molecular formula is C11H15FN4O3. The highest BCUT2D eigenvalue weighted by atomic mass is 19.1. The molecule has 1 rings (SSSR count). The first kappa shape index (κ1) is 14.8. The Hall–Kier alpha value is -2.22. The highest BCUT2D eigenvalue weighted by Crippen LogP contribution is 2.27. The summed E-state index contributed by atoms with van der Waals surface area (Å²) in [7, 11) is 3.63. The fourth-order valence-corrected chi connectivity index (χ4v) is 1.45. The summed E-state index contributed by atoms with van der Waals surface area (Å²) in [6, 6.07) is 1.79. The molecule has 0 aliphatic rings. The molecule has 0 aromatic heterocycles. The van der Waals surface area contributed by atoms with Crippen LogP contribution in [-0.4, -0.2) is 42.9 Å². The topological polar surface area (TPSA) is 102 Å². The van der Waals surface area contributed by atoms with Gasteiger partial charge in [-0.05, 0) is 20.2 Å². The number of halogens is 1. The third kappa shape index (κ3) is 3.62. The van der Waals surface area contributed by atoms with E-state index in [9.17, 15) is 19.3 Å². The van der Waals surface area contributed by atoms with Gasteiger partial charge in [0.25, 0.3) is 11.6 Å². The highest BCUT2D eigenvalue weighted by molar-refractivity contribution is 6.01. The van der Waals surface area contributed by atoms with E-state index in [1.54, 1.807) is 0 Å². The van der Waals surface area contributed by atoms with E-state index in [-0.39, 0.29) is 6.54 Å². The van der Waals surface area contributed by atoms with Gasteiger partial charge in [0, 0.05) is 19.2 Å². The van der Waals surface area contributed by atoms with Crippen LogP contribution in [0.4, 0.5) is 15.8 Å². The summed E-state index contributed by atoms with van der Waals surface area (Å²) in [6.07, 6.45) is 0. The van der Waals surface area contributed by atoms with Gasteiger partial charge in [0.1, 0.15) is 17.1 Å². The Balaban J connectivity index is 2.96. The van der Waals surface area contributed by atoms with E-state index < -0.39 is 33.6 Å². The van der Waals surface area contributed by atoms with Crippen LogP contribution in [-0.2, 0) is 0 Å². The van der Waals surface area contributed by atoms with Gasteiger partial charge in [-0.1, -0.05) is 0 Å². The first-order valence-electron chi connectivity index (χ1n) is 5.50. The smallest absolute Gasteiger partial charge is 0.293 e.